The molecule has 0 aliphatic carbocycles. The van der Waals surface area contributed by atoms with Crippen molar-refractivity contribution in [3.63, 3.8) is 0 Å². The highest BCUT2D eigenvalue weighted by Crippen LogP contribution is 2.23. The average Bonchev–Trinajstić information content (AvgIpc) is 3.27. The van der Waals surface area contributed by atoms with Crippen LogP contribution in [-0.2, 0) is 13.1 Å². The van der Waals surface area contributed by atoms with Crippen molar-refractivity contribution in [1.29, 1.82) is 0 Å². The average molecular weight is 358 g/mol. The lowest BCUT2D eigenvalue weighted by Gasteiger charge is -2.14. The predicted molar refractivity (Wildman–Crippen MR) is 96.9 cm³/mol. The van der Waals surface area contributed by atoms with Crippen LogP contribution >= 0.6 is 0 Å². The maximum absolute atomic E-state index is 12.9. The molecule has 4 aromatic heterocycles. The summed E-state index contributed by atoms with van der Waals surface area (Å²) in [5.41, 5.74) is 3.34. The van der Waals surface area contributed by atoms with Crippen LogP contribution in [0.25, 0.3) is 16.9 Å². The van der Waals surface area contributed by atoms with Crippen LogP contribution in [-0.4, -0.2) is 35.4 Å². The molecule has 8 nitrogen and oxygen atoms in total. The van der Waals surface area contributed by atoms with Gasteiger partial charge in [-0.1, -0.05) is 6.07 Å². The zero-order valence-electron chi connectivity index (χ0n) is 14.2. The molecule has 1 aliphatic heterocycles. The van der Waals surface area contributed by atoms with Gasteiger partial charge in [0.1, 0.15) is 5.69 Å². The molecule has 0 saturated heterocycles. The van der Waals surface area contributed by atoms with Gasteiger partial charge in [-0.05, 0) is 23.8 Å². The van der Waals surface area contributed by atoms with Crippen molar-refractivity contribution in [2.75, 3.05) is 0 Å². The second kappa shape index (κ2) is 5.87. The predicted octanol–water partition coefficient (Wildman–Crippen LogP) is 1.64. The van der Waals surface area contributed by atoms with Crippen LogP contribution in [0.5, 0.6) is 0 Å². The van der Waals surface area contributed by atoms with E-state index in [9.17, 15) is 9.59 Å². The number of aromatic nitrogens is 5. The van der Waals surface area contributed by atoms with Crippen molar-refractivity contribution in [3.05, 3.63) is 82.3 Å². The molecule has 1 aliphatic rings. The molecule has 132 valence electrons. The molecular weight excluding hydrogens is 344 g/mol. The fraction of sp³-hybridized carbons (Fsp3) is 0.105. The molecule has 0 saturated carbocycles. The maximum atomic E-state index is 12.9. The van der Waals surface area contributed by atoms with E-state index in [-0.39, 0.29) is 23.7 Å². The Kier molecular flexibility index (Phi) is 3.36. The SMILES string of the molecule is O=C1c2nc3cc(-c4ccncc4)[nH]n3c(=O)c2CN1Cc1cccnc1. The molecule has 1 N–H and O–H groups in total. The Morgan fingerprint density at radius 1 is 1.07 bits per heavy atom. The minimum atomic E-state index is -0.252. The minimum Gasteiger partial charge on any atom is -0.328 e. The third-order valence-corrected chi connectivity index (χ3v) is 4.63. The molecule has 1 amide bonds. The fourth-order valence-electron chi connectivity index (χ4n) is 3.31. The molecule has 4 aromatic rings. The van der Waals surface area contributed by atoms with Crippen LogP contribution in [0.2, 0.25) is 0 Å². The number of amides is 1. The summed E-state index contributed by atoms with van der Waals surface area (Å²) >= 11 is 0. The first-order valence-corrected chi connectivity index (χ1v) is 8.44. The molecule has 27 heavy (non-hydrogen) atoms. The van der Waals surface area contributed by atoms with E-state index in [0.717, 1.165) is 16.8 Å². The van der Waals surface area contributed by atoms with Crippen molar-refractivity contribution in [3.8, 4) is 11.3 Å². The van der Waals surface area contributed by atoms with Crippen LogP contribution < -0.4 is 5.56 Å². The van der Waals surface area contributed by atoms with E-state index in [1.54, 1.807) is 35.8 Å². The molecule has 0 aromatic carbocycles. The van der Waals surface area contributed by atoms with Gasteiger partial charge in [-0.15, -0.1) is 0 Å². The fourth-order valence-corrected chi connectivity index (χ4v) is 3.31. The van der Waals surface area contributed by atoms with Gasteiger partial charge in [0.15, 0.2) is 5.65 Å². The highest BCUT2D eigenvalue weighted by Gasteiger charge is 2.32. The van der Waals surface area contributed by atoms with Crippen LogP contribution in [0.3, 0.4) is 0 Å². The lowest BCUT2D eigenvalue weighted by molar-refractivity contribution is 0.0762. The second-order valence-corrected chi connectivity index (χ2v) is 6.37. The summed E-state index contributed by atoms with van der Waals surface area (Å²) in [6, 6.07) is 9.15. The Hall–Kier alpha value is -3.81. The van der Waals surface area contributed by atoms with E-state index in [2.05, 4.69) is 20.1 Å². The summed E-state index contributed by atoms with van der Waals surface area (Å²) in [5.74, 6) is -0.236. The van der Waals surface area contributed by atoms with Gasteiger partial charge >= 0.3 is 0 Å². The van der Waals surface area contributed by atoms with Crippen LogP contribution in [0, 0.1) is 0 Å². The van der Waals surface area contributed by atoms with Crippen LogP contribution in [0.15, 0.2) is 59.9 Å². The number of fused-ring (bicyclic) bond motifs is 2. The number of nitrogens with zero attached hydrogens (tertiary/aromatic N) is 5. The number of aromatic amines is 1. The molecular formula is C19H14N6O2. The third-order valence-electron chi connectivity index (χ3n) is 4.63. The Morgan fingerprint density at radius 2 is 1.93 bits per heavy atom. The first-order chi connectivity index (χ1) is 13.2. The van der Waals surface area contributed by atoms with Gasteiger partial charge < -0.3 is 4.90 Å². The lowest BCUT2D eigenvalue weighted by atomic mass is 10.2. The summed E-state index contributed by atoms with van der Waals surface area (Å²) < 4.78 is 1.38. The Bertz CT molecular complexity index is 1210. The molecule has 5 heterocycles. The highest BCUT2D eigenvalue weighted by molar-refractivity contribution is 5.96. The zero-order chi connectivity index (χ0) is 18.4. The molecule has 0 bridgehead atoms. The highest BCUT2D eigenvalue weighted by atomic mass is 16.2. The minimum absolute atomic E-state index is 0.226. The monoisotopic (exact) mass is 358 g/mol. The normalized spacial score (nSPS) is 13.3. The van der Waals surface area contributed by atoms with Crippen molar-refractivity contribution >= 4 is 11.6 Å². The topological polar surface area (TPSA) is 96.2 Å². The van der Waals surface area contributed by atoms with Crippen LogP contribution in [0.4, 0.5) is 0 Å². The number of nitrogens with one attached hydrogen (secondary N) is 1. The van der Waals surface area contributed by atoms with E-state index in [1.165, 1.54) is 4.52 Å². The number of hydrogen-bond donors (Lipinski definition) is 1. The summed E-state index contributed by atoms with van der Waals surface area (Å²) in [6.45, 7) is 0.630. The molecule has 0 radical (unpaired) electrons. The standard InChI is InChI=1S/C19H14N6O2/c26-18-14-11-24(10-12-2-1-5-21-9-12)19(27)17(14)22-16-8-15(23-25(16)18)13-3-6-20-7-4-13/h1-9,23H,10-11H2. The number of rotatable bonds is 3. The first kappa shape index (κ1) is 15.4. The summed E-state index contributed by atoms with van der Waals surface area (Å²) in [4.78, 5) is 39.8. The third kappa shape index (κ3) is 2.50. The first-order valence-electron chi connectivity index (χ1n) is 8.44. The number of H-pyrrole nitrogens is 1. The van der Waals surface area contributed by atoms with Gasteiger partial charge in [-0.2, -0.15) is 0 Å². The second-order valence-electron chi connectivity index (χ2n) is 6.37. The maximum Gasteiger partial charge on any atom is 0.278 e. The molecule has 8 heteroatoms. The van der Waals surface area contributed by atoms with Crippen molar-refractivity contribution in [2.24, 2.45) is 0 Å². The number of pyridine rings is 2. The lowest BCUT2D eigenvalue weighted by Crippen LogP contribution is -2.23. The molecule has 0 atom stereocenters. The Labute approximate surface area is 153 Å². The van der Waals surface area contributed by atoms with Crippen molar-refractivity contribution in [1.82, 2.24) is 29.5 Å². The number of hydrogen-bond acceptors (Lipinski definition) is 5. The van der Waals surface area contributed by atoms with Gasteiger partial charge in [0, 0.05) is 43.0 Å². The van der Waals surface area contributed by atoms with Gasteiger partial charge in [0.2, 0.25) is 0 Å². The van der Waals surface area contributed by atoms with Crippen LogP contribution in [0.1, 0.15) is 21.6 Å². The van der Waals surface area contributed by atoms with Gasteiger partial charge in [-0.3, -0.25) is 24.7 Å². The van der Waals surface area contributed by atoms with Gasteiger partial charge in [-0.25, -0.2) is 9.50 Å². The zero-order valence-corrected chi connectivity index (χ0v) is 14.2. The van der Waals surface area contributed by atoms with E-state index in [4.69, 9.17) is 0 Å². The van der Waals surface area contributed by atoms with Crippen molar-refractivity contribution < 1.29 is 4.79 Å². The quantitative estimate of drug-likeness (QED) is 0.600. The summed E-state index contributed by atoms with van der Waals surface area (Å²) in [7, 11) is 0. The molecule has 0 unspecified atom stereocenters. The largest absolute Gasteiger partial charge is 0.328 e. The summed E-state index contributed by atoms with van der Waals surface area (Å²) in [5, 5.41) is 3.06. The smallest absolute Gasteiger partial charge is 0.278 e. The van der Waals surface area contributed by atoms with E-state index >= 15 is 0 Å². The Balaban J connectivity index is 1.55. The van der Waals surface area contributed by atoms with E-state index < -0.39 is 0 Å². The molecule has 5 rings (SSSR count). The van der Waals surface area contributed by atoms with Gasteiger partial charge in [0.05, 0.1) is 17.8 Å². The summed E-state index contributed by atoms with van der Waals surface area (Å²) in [6.07, 6.45) is 6.75. The van der Waals surface area contributed by atoms with E-state index in [0.29, 0.717) is 17.8 Å². The molecule has 0 fully saturated rings. The molecule has 0 spiro atoms. The number of carbonyl (C=O) groups is 1. The number of carbonyl (C=O) groups excluding carboxylic acids is 1. The van der Waals surface area contributed by atoms with E-state index in [1.807, 2.05) is 24.3 Å². The van der Waals surface area contributed by atoms with Crippen molar-refractivity contribution in [2.45, 2.75) is 13.1 Å². The Morgan fingerprint density at radius 3 is 2.70 bits per heavy atom. The van der Waals surface area contributed by atoms with Gasteiger partial charge in [0.25, 0.3) is 11.5 Å².